The van der Waals surface area contributed by atoms with Crippen LogP contribution >= 0.6 is 24.0 Å². The van der Waals surface area contributed by atoms with Crippen molar-refractivity contribution < 1.29 is 4.74 Å². The third kappa shape index (κ3) is 6.06. The fourth-order valence-electron chi connectivity index (χ4n) is 4.20. The van der Waals surface area contributed by atoms with Crippen LogP contribution in [0.25, 0.3) is 0 Å². The van der Waals surface area contributed by atoms with E-state index in [0.717, 1.165) is 44.4 Å². The molecule has 0 aromatic heterocycles. The van der Waals surface area contributed by atoms with Crippen LogP contribution in [-0.4, -0.2) is 56.3 Å². The van der Waals surface area contributed by atoms with Gasteiger partial charge in [0, 0.05) is 38.8 Å². The smallest absolute Gasteiger partial charge is 0.191 e. The number of aliphatic imine (C=N–C) groups is 1. The second kappa shape index (κ2) is 11.6. The molecule has 2 fully saturated rings. The number of rotatable bonds is 5. The van der Waals surface area contributed by atoms with Crippen LogP contribution in [0, 0.1) is 11.3 Å². The summed E-state index contributed by atoms with van der Waals surface area (Å²) in [6.45, 7) is 5.34. The molecule has 1 saturated carbocycles. The summed E-state index contributed by atoms with van der Waals surface area (Å²) in [5.74, 6) is 0.831. The Balaban J connectivity index is 0.00000280. The Morgan fingerprint density at radius 1 is 1.14 bits per heavy atom. The van der Waals surface area contributed by atoms with Gasteiger partial charge in [0.05, 0.1) is 24.8 Å². The van der Waals surface area contributed by atoms with E-state index < -0.39 is 0 Å². The van der Waals surface area contributed by atoms with Gasteiger partial charge in [-0.1, -0.05) is 31.4 Å². The Bertz CT molecular complexity index is 658. The Morgan fingerprint density at radius 2 is 1.82 bits per heavy atom. The minimum Gasteiger partial charge on any atom is -0.379 e. The molecule has 154 valence electrons. The largest absolute Gasteiger partial charge is 0.379 e. The molecule has 28 heavy (non-hydrogen) atoms. The second-order valence-corrected chi connectivity index (χ2v) is 7.47. The highest BCUT2D eigenvalue weighted by Crippen LogP contribution is 2.33. The summed E-state index contributed by atoms with van der Waals surface area (Å²) in [6.07, 6.45) is 6.43. The van der Waals surface area contributed by atoms with E-state index in [1.54, 1.807) is 0 Å². The van der Waals surface area contributed by atoms with Gasteiger partial charge in [0.1, 0.15) is 0 Å². The maximum absolute atomic E-state index is 8.90. The van der Waals surface area contributed by atoms with Gasteiger partial charge < -0.3 is 15.4 Å². The molecule has 1 heterocycles. The molecule has 0 unspecified atom stereocenters. The Labute approximate surface area is 185 Å². The zero-order valence-electron chi connectivity index (χ0n) is 16.7. The number of hydrogen-bond acceptors (Lipinski definition) is 4. The topological polar surface area (TPSA) is 72.7 Å². The van der Waals surface area contributed by atoms with E-state index in [-0.39, 0.29) is 29.5 Å². The molecule has 1 aliphatic heterocycles. The molecule has 1 aliphatic carbocycles. The molecule has 6 nitrogen and oxygen atoms in total. The van der Waals surface area contributed by atoms with Gasteiger partial charge in [0.15, 0.2) is 5.96 Å². The van der Waals surface area contributed by atoms with Crippen molar-refractivity contribution in [2.75, 3.05) is 39.9 Å². The summed E-state index contributed by atoms with van der Waals surface area (Å²) in [4.78, 5) is 7.03. The first-order valence-electron chi connectivity index (χ1n) is 10.0. The second-order valence-electron chi connectivity index (χ2n) is 7.47. The number of guanidine groups is 1. The highest BCUT2D eigenvalue weighted by molar-refractivity contribution is 14.0. The van der Waals surface area contributed by atoms with Crippen molar-refractivity contribution in [1.82, 2.24) is 15.5 Å². The van der Waals surface area contributed by atoms with E-state index in [1.807, 2.05) is 31.3 Å². The minimum atomic E-state index is 0. The van der Waals surface area contributed by atoms with Gasteiger partial charge in [0.2, 0.25) is 0 Å². The van der Waals surface area contributed by atoms with E-state index in [4.69, 9.17) is 10.00 Å². The summed E-state index contributed by atoms with van der Waals surface area (Å²) < 4.78 is 5.57. The van der Waals surface area contributed by atoms with E-state index >= 15 is 0 Å². The van der Waals surface area contributed by atoms with Gasteiger partial charge in [-0.05, 0) is 30.5 Å². The zero-order chi connectivity index (χ0) is 19.0. The van der Waals surface area contributed by atoms with Crippen molar-refractivity contribution >= 4 is 29.9 Å². The van der Waals surface area contributed by atoms with Crippen molar-refractivity contribution in [3.8, 4) is 6.07 Å². The Hall–Kier alpha value is -1.37. The molecule has 0 bridgehead atoms. The van der Waals surface area contributed by atoms with E-state index in [1.165, 1.54) is 32.1 Å². The SMILES string of the molecule is CN=C(NCc1ccc(C#N)cc1)NCC1(N2CCOCC2)CCCCC1.I. The first-order valence-corrected chi connectivity index (χ1v) is 10.0. The number of ether oxygens (including phenoxy) is 1. The fourth-order valence-corrected chi connectivity index (χ4v) is 4.20. The van der Waals surface area contributed by atoms with Crippen LogP contribution in [0.1, 0.15) is 43.2 Å². The molecular weight excluding hydrogens is 465 g/mol. The molecule has 0 amide bonds. The van der Waals surface area contributed by atoms with Crippen molar-refractivity contribution in [1.29, 1.82) is 5.26 Å². The number of nitriles is 1. The number of nitrogens with one attached hydrogen (secondary N) is 2. The average Bonchev–Trinajstić information content (AvgIpc) is 2.75. The standard InChI is InChI=1S/C21H31N5O.HI/c1-23-20(24-16-19-7-5-18(15-22)6-8-19)25-17-21(9-3-2-4-10-21)26-11-13-27-14-12-26;/h5-8H,2-4,9-14,16-17H2,1H3,(H2,23,24,25);1H. The number of halogens is 1. The first-order chi connectivity index (χ1) is 13.3. The Morgan fingerprint density at radius 3 is 2.43 bits per heavy atom. The molecule has 2 aliphatic rings. The predicted octanol–water partition coefficient (Wildman–Crippen LogP) is 2.88. The summed E-state index contributed by atoms with van der Waals surface area (Å²) in [7, 11) is 1.82. The molecule has 1 aromatic carbocycles. The van der Waals surface area contributed by atoms with Gasteiger partial charge in [0.25, 0.3) is 0 Å². The number of benzene rings is 1. The zero-order valence-corrected chi connectivity index (χ0v) is 19.1. The fraction of sp³-hybridized carbons (Fsp3) is 0.619. The molecule has 1 aromatic rings. The van der Waals surface area contributed by atoms with Crippen LogP contribution in [0.15, 0.2) is 29.3 Å². The van der Waals surface area contributed by atoms with Gasteiger partial charge >= 0.3 is 0 Å². The monoisotopic (exact) mass is 497 g/mol. The van der Waals surface area contributed by atoms with Crippen LogP contribution in [-0.2, 0) is 11.3 Å². The van der Waals surface area contributed by atoms with Crippen LogP contribution in [0.5, 0.6) is 0 Å². The highest BCUT2D eigenvalue weighted by Gasteiger charge is 2.38. The van der Waals surface area contributed by atoms with Crippen LogP contribution in [0.3, 0.4) is 0 Å². The summed E-state index contributed by atoms with van der Waals surface area (Å²) in [5, 5.41) is 15.9. The summed E-state index contributed by atoms with van der Waals surface area (Å²) in [6, 6.07) is 9.81. The molecule has 7 heteroatoms. The lowest BCUT2D eigenvalue weighted by Gasteiger charge is -2.48. The lowest BCUT2D eigenvalue weighted by molar-refractivity contribution is -0.0352. The normalized spacial score (nSPS) is 19.9. The molecular formula is C21H32IN5O. The van der Waals surface area contributed by atoms with Gasteiger partial charge in [-0.3, -0.25) is 9.89 Å². The van der Waals surface area contributed by atoms with Crippen molar-refractivity contribution in [3.05, 3.63) is 35.4 Å². The highest BCUT2D eigenvalue weighted by atomic mass is 127. The van der Waals surface area contributed by atoms with Crippen LogP contribution in [0.4, 0.5) is 0 Å². The molecule has 0 atom stereocenters. The first kappa shape index (κ1) is 22.9. The van der Waals surface area contributed by atoms with Crippen LogP contribution < -0.4 is 10.6 Å². The number of hydrogen-bond donors (Lipinski definition) is 2. The van der Waals surface area contributed by atoms with E-state index in [0.29, 0.717) is 12.1 Å². The molecule has 1 saturated heterocycles. The lowest BCUT2D eigenvalue weighted by Crippen LogP contribution is -2.60. The van der Waals surface area contributed by atoms with E-state index in [9.17, 15) is 0 Å². The number of nitrogens with zero attached hydrogens (tertiary/aromatic N) is 3. The lowest BCUT2D eigenvalue weighted by atomic mass is 9.80. The Kier molecular flexibility index (Phi) is 9.48. The third-order valence-corrected chi connectivity index (χ3v) is 5.82. The van der Waals surface area contributed by atoms with E-state index in [2.05, 4.69) is 26.6 Å². The maximum atomic E-state index is 8.90. The molecule has 2 N–H and O–H groups in total. The van der Waals surface area contributed by atoms with Crippen LogP contribution in [0.2, 0.25) is 0 Å². The third-order valence-electron chi connectivity index (χ3n) is 5.82. The molecule has 0 spiro atoms. The van der Waals surface area contributed by atoms with Gasteiger partial charge in [-0.15, -0.1) is 24.0 Å². The average molecular weight is 497 g/mol. The quantitative estimate of drug-likeness (QED) is 0.372. The minimum absolute atomic E-state index is 0. The van der Waals surface area contributed by atoms with Gasteiger partial charge in [-0.25, -0.2) is 0 Å². The molecule has 3 rings (SSSR count). The number of morpholine rings is 1. The van der Waals surface area contributed by atoms with Crippen molar-refractivity contribution in [2.45, 2.75) is 44.2 Å². The maximum Gasteiger partial charge on any atom is 0.191 e. The van der Waals surface area contributed by atoms with Crippen molar-refractivity contribution in [2.24, 2.45) is 4.99 Å². The summed E-state index contributed by atoms with van der Waals surface area (Å²) >= 11 is 0. The molecule has 0 radical (unpaired) electrons. The predicted molar refractivity (Wildman–Crippen MR) is 123 cm³/mol. The summed E-state index contributed by atoms with van der Waals surface area (Å²) in [5.41, 5.74) is 2.04. The van der Waals surface area contributed by atoms with Crippen molar-refractivity contribution in [3.63, 3.8) is 0 Å². The van der Waals surface area contributed by atoms with Gasteiger partial charge in [-0.2, -0.15) is 5.26 Å².